The van der Waals surface area contributed by atoms with E-state index < -0.39 is 0 Å². The van der Waals surface area contributed by atoms with E-state index in [1.807, 2.05) is 0 Å². The van der Waals surface area contributed by atoms with E-state index >= 15 is 0 Å². The zero-order chi connectivity index (χ0) is 9.03. The van der Waals surface area contributed by atoms with Crippen molar-refractivity contribution in [2.75, 3.05) is 6.61 Å². The molecule has 2 atom stereocenters. The predicted molar refractivity (Wildman–Crippen MR) is 48.1 cm³/mol. The highest BCUT2D eigenvalue weighted by Gasteiger charge is 2.30. The minimum atomic E-state index is 0.0337. The van der Waals surface area contributed by atoms with Crippen LogP contribution in [0.15, 0.2) is 0 Å². The second-order valence-corrected chi connectivity index (χ2v) is 3.91. The maximum atomic E-state index is 10.3. The largest absolute Gasteiger partial charge is 0.375 e. The number of hydrogen-bond donors (Lipinski definition) is 0. The number of rotatable bonds is 3. The number of carbonyl (C=O) groups excluding carboxylic acids is 1. The van der Waals surface area contributed by atoms with Gasteiger partial charge in [-0.2, -0.15) is 0 Å². The van der Waals surface area contributed by atoms with Crippen molar-refractivity contribution in [2.45, 2.75) is 45.1 Å². The van der Waals surface area contributed by atoms with E-state index in [1.165, 1.54) is 0 Å². The maximum absolute atomic E-state index is 10.3. The van der Waals surface area contributed by atoms with Crippen LogP contribution in [0.5, 0.6) is 0 Å². The summed E-state index contributed by atoms with van der Waals surface area (Å²) < 4.78 is 5.68. The Balaban J connectivity index is 2.44. The lowest BCUT2D eigenvalue weighted by Crippen LogP contribution is -2.36. The van der Waals surface area contributed by atoms with E-state index in [4.69, 9.17) is 4.74 Å². The summed E-state index contributed by atoms with van der Waals surface area (Å²) in [6, 6.07) is 0. The van der Waals surface area contributed by atoms with Crippen LogP contribution in [0.3, 0.4) is 0 Å². The summed E-state index contributed by atoms with van der Waals surface area (Å²) in [5, 5.41) is 0. The first-order valence-electron chi connectivity index (χ1n) is 4.78. The van der Waals surface area contributed by atoms with Crippen LogP contribution in [0.2, 0.25) is 0 Å². The Morgan fingerprint density at radius 3 is 3.00 bits per heavy atom. The zero-order valence-electron chi connectivity index (χ0n) is 8.01. The fourth-order valence-electron chi connectivity index (χ4n) is 1.83. The van der Waals surface area contributed by atoms with Gasteiger partial charge in [0.25, 0.3) is 0 Å². The van der Waals surface area contributed by atoms with Crippen molar-refractivity contribution >= 4 is 6.29 Å². The molecule has 1 fully saturated rings. The summed E-state index contributed by atoms with van der Waals surface area (Å²) in [7, 11) is 0. The molecule has 2 unspecified atom stereocenters. The summed E-state index contributed by atoms with van der Waals surface area (Å²) in [6.45, 7) is 5.11. The summed E-state index contributed by atoms with van der Waals surface area (Å²) >= 11 is 0. The van der Waals surface area contributed by atoms with Gasteiger partial charge in [-0.25, -0.2) is 0 Å². The Kier molecular flexibility index (Phi) is 3.27. The fourth-order valence-corrected chi connectivity index (χ4v) is 1.83. The van der Waals surface area contributed by atoms with Crippen LogP contribution in [0.1, 0.15) is 39.5 Å². The molecule has 0 bridgehead atoms. The molecule has 0 aromatic rings. The van der Waals surface area contributed by atoms with E-state index in [1.54, 1.807) is 0 Å². The lowest BCUT2D eigenvalue weighted by atomic mass is 9.84. The fraction of sp³-hybridized carbons (Fsp3) is 0.900. The number of aldehydes is 1. The van der Waals surface area contributed by atoms with Crippen LogP contribution in [-0.4, -0.2) is 18.5 Å². The minimum absolute atomic E-state index is 0.0337. The van der Waals surface area contributed by atoms with Gasteiger partial charge in [-0.1, -0.05) is 6.92 Å². The Hall–Kier alpha value is -0.370. The van der Waals surface area contributed by atoms with E-state index in [0.29, 0.717) is 12.3 Å². The van der Waals surface area contributed by atoms with Crippen molar-refractivity contribution in [1.82, 2.24) is 0 Å². The van der Waals surface area contributed by atoms with Crippen molar-refractivity contribution in [1.29, 1.82) is 0 Å². The number of carbonyl (C=O) groups is 1. The third-order valence-corrected chi connectivity index (χ3v) is 2.87. The SMILES string of the molecule is CCC1(C)CC(CC=O)CCO1. The molecule has 0 saturated carbocycles. The summed E-state index contributed by atoms with van der Waals surface area (Å²) in [5.41, 5.74) is 0.0337. The van der Waals surface area contributed by atoms with Gasteiger partial charge in [0.2, 0.25) is 0 Å². The molecular weight excluding hydrogens is 152 g/mol. The summed E-state index contributed by atoms with van der Waals surface area (Å²) in [4.78, 5) is 10.3. The third kappa shape index (κ3) is 2.31. The lowest BCUT2D eigenvalue weighted by molar-refractivity contribution is -0.113. The highest BCUT2D eigenvalue weighted by molar-refractivity contribution is 5.49. The Morgan fingerprint density at radius 2 is 2.42 bits per heavy atom. The molecule has 0 aromatic heterocycles. The van der Waals surface area contributed by atoms with Crippen molar-refractivity contribution in [3.05, 3.63) is 0 Å². The van der Waals surface area contributed by atoms with Gasteiger partial charge < -0.3 is 9.53 Å². The van der Waals surface area contributed by atoms with Gasteiger partial charge >= 0.3 is 0 Å². The van der Waals surface area contributed by atoms with Crippen molar-refractivity contribution in [3.63, 3.8) is 0 Å². The Labute approximate surface area is 74.3 Å². The van der Waals surface area contributed by atoms with E-state index in [2.05, 4.69) is 13.8 Å². The molecule has 0 N–H and O–H groups in total. The van der Waals surface area contributed by atoms with Crippen LogP contribution in [0.4, 0.5) is 0 Å². The standard InChI is InChI=1S/C10H18O2/c1-3-10(2)8-9(4-6-11)5-7-12-10/h6,9H,3-5,7-8H2,1-2H3. The van der Waals surface area contributed by atoms with Crippen molar-refractivity contribution < 1.29 is 9.53 Å². The Morgan fingerprint density at radius 1 is 1.67 bits per heavy atom. The van der Waals surface area contributed by atoms with Crippen LogP contribution < -0.4 is 0 Å². The van der Waals surface area contributed by atoms with E-state index in [0.717, 1.165) is 32.2 Å². The van der Waals surface area contributed by atoms with Crippen LogP contribution in [-0.2, 0) is 9.53 Å². The molecule has 70 valence electrons. The molecule has 1 rings (SSSR count). The second-order valence-electron chi connectivity index (χ2n) is 3.91. The molecule has 12 heavy (non-hydrogen) atoms. The molecule has 1 aliphatic heterocycles. The lowest BCUT2D eigenvalue weighted by Gasteiger charge is -2.37. The molecule has 2 heteroatoms. The van der Waals surface area contributed by atoms with Gasteiger partial charge in [0.05, 0.1) is 5.60 Å². The van der Waals surface area contributed by atoms with Gasteiger partial charge in [0, 0.05) is 13.0 Å². The summed E-state index contributed by atoms with van der Waals surface area (Å²) in [5.74, 6) is 0.557. The maximum Gasteiger partial charge on any atom is 0.120 e. The molecule has 0 aliphatic carbocycles. The van der Waals surface area contributed by atoms with Crippen molar-refractivity contribution in [2.24, 2.45) is 5.92 Å². The molecule has 0 spiro atoms. The summed E-state index contributed by atoms with van der Waals surface area (Å²) in [6.07, 6.45) is 4.88. The molecule has 0 amide bonds. The van der Waals surface area contributed by atoms with Gasteiger partial charge in [-0.15, -0.1) is 0 Å². The zero-order valence-corrected chi connectivity index (χ0v) is 8.01. The first-order valence-corrected chi connectivity index (χ1v) is 4.78. The molecule has 1 aliphatic rings. The first kappa shape index (κ1) is 9.72. The highest BCUT2D eigenvalue weighted by atomic mass is 16.5. The van der Waals surface area contributed by atoms with Gasteiger partial charge in [0.15, 0.2) is 0 Å². The number of hydrogen-bond acceptors (Lipinski definition) is 2. The molecule has 2 nitrogen and oxygen atoms in total. The Bertz CT molecular complexity index is 156. The second kappa shape index (κ2) is 4.04. The van der Waals surface area contributed by atoms with E-state index in [-0.39, 0.29) is 5.60 Å². The molecular formula is C10H18O2. The third-order valence-electron chi connectivity index (χ3n) is 2.87. The van der Waals surface area contributed by atoms with Gasteiger partial charge in [0.1, 0.15) is 6.29 Å². The molecule has 1 saturated heterocycles. The quantitative estimate of drug-likeness (QED) is 0.607. The normalized spacial score (nSPS) is 36.3. The van der Waals surface area contributed by atoms with Gasteiger partial charge in [-0.3, -0.25) is 0 Å². The van der Waals surface area contributed by atoms with Gasteiger partial charge in [-0.05, 0) is 32.1 Å². The van der Waals surface area contributed by atoms with E-state index in [9.17, 15) is 4.79 Å². The molecule has 0 aromatic carbocycles. The smallest absolute Gasteiger partial charge is 0.120 e. The average molecular weight is 170 g/mol. The molecule has 0 radical (unpaired) electrons. The first-order chi connectivity index (χ1) is 5.70. The topological polar surface area (TPSA) is 26.3 Å². The number of ether oxygens (including phenoxy) is 1. The van der Waals surface area contributed by atoms with Crippen LogP contribution >= 0.6 is 0 Å². The minimum Gasteiger partial charge on any atom is -0.375 e. The van der Waals surface area contributed by atoms with Crippen LogP contribution in [0, 0.1) is 5.92 Å². The monoisotopic (exact) mass is 170 g/mol. The average Bonchev–Trinajstić information content (AvgIpc) is 2.05. The molecule has 1 heterocycles. The van der Waals surface area contributed by atoms with Crippen molar-refractivity contribution in [3.8, 4) is 0 Å². The predicted octanol–water partition coefficient (Wildman–Crippen LogP) is 2.17. The van der Waals surface area contributed by atoms with Crippen LogP contribution in [0.25, 0.3) is 0 Å². The highest BCUT2D eigenvalue weighted by Crippen LogP contribution is 2.32.